The van der Waals surface area contributed by atoms with Crippen molar-refractivity contribution in [1.29, 1.82) is 0 Å². The molecule has 1 heterocycles. The molecule has 0 saturated carbocycles. The monoisotopic (exact) mass is 284 g/mol. The first-order chi connectivity index (χ1) is 7.63. The summed E-state index contributed by atoms with van der Waals surface area (Å²) in [7, 11) is 0. The first kappa shape index (κ1) is 11.6. The highest BCUT2D eigenvalue weighted by atomic mass is 79.9. The fourth-order valence-corrected chi connectivity index (χ4v) is 1.87. The summed E-state index contributed by atoms with van der Waals surface area (Å²) in [6, 6.07) is 7.44. The van der Waals surface area contributed by atoms with Crippen molar-refractivity contribution in [3.63, 3.8) is 0 Å². The Hall–Kier alpha value is -0.910. The number of carbonyl (C=O) groups excluding carboxylic acids is 1. The Morgan fingerprint density at radius 1 is 1.44 bits per heavy atom. The molecule has 5 heteroatoms. The summed E-state index contributed by atoms with van der Waals surface area (Å²) >= 11 is 3.33. The smallest absolute Gasteiger partial charge is 0.238 e. The molecule has 1 saturated heterocycles. The van der Waals surface area contributed by atoms with Crippen LogP contribution in [-0.4, -0.2) is 41.7 Å². The molecule has 2 rings (SSSR count). The van der Waals surface area contributed by atoms with Crippen LogP contribution < -0.4 is 5.32 Å². The van der Waals surface area contributed by atoms with E-state index in [1.807, 2.05) is 29.2 Å². The van der Waals surface area contributed by atoms with Crippen molar-refractivity contribution in [2.75, 3.05) is 25.0 Å². The zero-order valence-corrected chi connectivity index (χ0v) is 10.3. The fourth-order valence-electron chi connectivity index (χ4n) is 1.61. The SMILES string of the molecule is O=C(CN1CC(O)C1)Nc1ccc(Br)cc1. The Balaban J connectivity index is 1.80. The van der Waals surface area contributed by atoms with Gasteiger partial charge in [0.1, 0.15) is 0 Å². The highest BCUT2D eigenvalue weighted by molar-refractivity contribution is 9.10. The molecule has 0 radical (unpaired) electrons. The number of likely N-dealkylation sites (tertiary alicyclic amines) is 1. The van der Waals surface area contributed by atoms with Crippen LogP contribution in [0.25, 0.3) is 0 Å². The van der Waals surface area contributed by atoms with E-state index in [0.29, 0.717) is 19.6 Å². The molecule has 0 bridgehead atoms. The van der Waals surface area contributed by atoms with Gasteiger partial charge in [0.15, 0.2) is 0 Å². The zero-order chi connectivity index (χ0) is 11.5. The number of nitrogens with zero attached hydrogens (tertiary/aromatic N) is 1. The predicted molar refractivity (Wildman–Crippen MR) is 65.2 cm³/mol. The Morgan fingerprint density at radius 3 is 2.62 bits per heavy atom. The Bertz CT molecular complexity index is 374. The number of halogens is 1. The van der Waals surface area contributed by atoms with Crippen molar-refractivity contribution in [2.24, 2.45) is 0 Å². The van der Waals surface area contributed by atoms with Crippen LogP contribution in [0.15, 0.2) is 28.7 Å². The third-order valence-corrected chi connectivity index (χ3v) is 2.96. The number of hydrogen-bond donors (Lipinski definition) is 2. The molecule has 0 aromatic heterocycles. The number of aliphatic hydroxyl groups is 1. The molecule has 1 aromatic carbocycles. The number of amides is 1. The summed E-state index contributed by atoms with van der Waals surface area (Å²) in [4.78, 5) is 13.5. The van der Waals surface area contributed by atoms with Gasteiger partial charge in [0.25, 0.3) is 0 Å². The number of hydrogen-bond acceptors (Lipinski definition) is 3. The van der Waals surface area contributed by atoms with Gasteiger partial charge in [0.05, 0.1) is 12.6 Å². The van der Waals surface area contributed by atoms with Crippen molar-refractivity contribution in [3.8, 4) is 0 Å². The number of aliphatic hydroxyl groups excluding tert-OH is 1. The van der Waals surface area contributed by atoms with E-state index in [2.05, 4.69) is 21.2 Å². The molecule has 1 amide bonds. The van der Waals surface area contributed by atoms with Gasteiger partial charge in [-0.15, -0.1) is 0 Å². The number of β-amino-alcohol motifs (C(OH)–C–C–N with tert-alkyl or cyclic N) is 1. The van der Waals surface area contributed by atoms with Crippen molar-refractivity contribution < 1.29 is 9.90 Å². The van der Waals surface area contributed by atoms with Crippen LogP contribution in [0.4, 0.5) is 5.69 Å². The highest BCUT2D eigenvalue weighted by Gasteiger charge is 2.25. The number of carbonyl (C=O) groups is 1. The predicted octanol–water partition coefficient (Wildman–Crippen LogP) is 1.06. The van der Waals surface area contributed by atoms with E-state index in [1.54, 1.807) is 0 Å². The second kappa shape index (κ2) is 4.95. The van der Waals surface area contributed by atoms with Crippen molar-refractivity contribution in [2.45, 2.75) is 6.10 Å². The van der Waals surface area contributed by atoms with Gasteiger partial charge in [0.2, 0.25) is 5.91 Å². The van der Waals surface area contributed by atoms with Crippen LogP contribution in [0.1, 0.15) is 0 Å². The quantitative estimate of drug-likeness (QED) is 0.873. The van der Waals surface area contributed by atoms with Gasteiger partial charge in [-0.1, -0.05) is 15.9 Å². The zero-order valence-electron chi connectivity index (χ0n) is 8.69. The molecule has 0 spiro atoms. The summed E-state index contributed by atoms with van der Waals surface area (Å²) in [5.74, 6) is -0.0470. The van der Waals surface area contributed by atoms with Gasteiger partial charge < -0.3 is 10.4 Å². The molecule has 0 aliphatic carbocycles. The number of anilines is 1. The summed E-state index contributed by atoms with van der Waals surface area (Å²) in [5, 5.41) is 11.9. The summed E-state index contributed by atoms with van der Waals surface area (Å²) in [6.07, 6.45) is -0.263. The Morgan fingerprint density at radius 2 is 2.06 bits per heavy atom. The van der Waals surface area contributed by atoms with Gasteiger partial charge in [-0.3, -0.25) is 9.69 Å². The Kier molecular flexibility index (Phi) is 3.58. The summed E-state index contributed by atoms with van der Waals surface area (Å²) in [6.45, 7) is 1.52. The third-order valence-electron chi connectivity index (χ3n) is 2.43. The molecule has 1 aliphatic heterocycles. The minimum atomic E-state index is -0.263. The molecule has 2 N–H and O–H groups in total. The lowest BCUT2D eigenvalue weighted by Gasteiger charge is -2.34. The first-order valence-electron chi connectivity index (χ1n) is 5.09. The van der Waals surface area contributed by atoms with E-state index in [1.165, 1.54) is 0 Å². The molecule has 1 fully saturated rings. The molecular formula is C11H13BrN2O2. The van der Waals surface area contributed by atoms with Crippen molar-refractivity contribution in [1.82, 2.24) is 4.90 Å². The standard InChI is InChI=1S/C11H13BrN2O2/c12-8-1-3-9(4-2-8)13-11(16)7-14-5-10(15)6-14/h1-4,10,15H,5-7H2,(H,13,16). The third kappa shape index (κ3) is 3.04. The maximum absolute atomic E-state index is 11.6. The van der Waals surface area contributed by atoms with Crippen LogP contribution in [-0.2, 0) is 4.79 Å². The van der Waals surface area contributed by atoms with Crippen LogP contribution in [0.3, 0.4) is 0 Å². The molecule has 0 atom stereocenters. The van der Waals surface area contributed by atoms with E-state index in [9.17, 15) is 4.79 Å². The maximum atomic E-state index is 11.6. The van der Waals surface area contributed by atoms with E-state index in [-0.39, 0.29) is 12.0 Å². The molecule has 1 aliphatic rings. The highest BCUT2D eigenvalue weighted by Crippen LogP contribution is 2.14. The second-order valence-electron chi connectivity index (χ2n) is 3.90. The minimum absolute atomic E-state index is 0.0470. The van der Waals surface area contributed by atoms with Crippen LogP contribution in [0, 0.1) is 0 Å². The number of nitrogens with one attached hydrogen (secondary N) is 1. The molecule has 86 valence electrons. The number of rotatable bonds is 3. The normalized spacial score (nSPS) is 16.9. The lowest BCUT2D eigenvalue weighted by atomic mass is 10.2. The van der Waals surface area contributed by atoms with E-state index >= 15 is 0 Å². The van der Waals surface area contributed by atoms with Gasteiger partial charge >= 0.3 is 0 Å². The van der Waals surface area contributed by atoms with Crippen LogP contribution in [0.2, 0.25) is 0 Å². The average molecular weight is 285 g/mol. The maximum Gasteiger partial charge on any atom is 0.238 e. The van der Waals surface area contributed by atoms with Gasteiger partial charge in [-0.05, 0) is 24.3 Å². The molecule has 0 unspecified atom stereocenters. The molecule has 16 heavy (non-hydrogen) atoms. The summed E-state index contributed by atoms with van der Waals surface area (Å²) < 4.78 is 0.983. The summed E-state index contributed by atoms with van der Waals surface area (Å²) in [5.41, 5.74) is 0.786. The van der Waals surface area contributed by atoms with E-state index in [0.717, 1.165) is 10.2 Å². The van der Waals surface area contributed by atoms with Gasteiger partial charge in [-0.25, -0.2) is 0 Å². The lowest BCUT2D eigenvalue weighted by Crippen LogP contribution is -2.53. The van der Waals surface area contributed by atoms with Crippen molar-refractivity contribution >= 4 is 27.5 Å². The number of benzene rings is 1. The second-order valence-corrected chi connectivity index (χ2v) is 4.82. The lowest BCUT2D eigenvalue weighted by molar-refractivity contribution is -0.119. The van der Waals surface area contributed by atoms with Gasteiger partial charge in [-0.2, -0.15) is 0 Å². The molecular weight excluding hydrogens is 272 g/mol. The largest absolute Gasteiger partial charge is 0.390 e. The fraction of sp³-hybridized carbons (Fsp3) is 0.364. The molecule has 1 aromatic rings. The minimum Gasteiger partial charge on any atom is -0.390 e. The average Bonchev–Trinajstić information content (AvgIpc) is 2.19. The van der Waals surface area contributed by atoms with E-state index < -0.39 is 0 Å². The van der Waals surface area contributed by atoms with Crippen LogP contribution >= 0.6 is 15.9 Å². The van der Waals surface area contributed by atoms with Crippen LogP contribution in [0.5, 0.6) is 0 Å². The van der Waals surface area contributed by atoms with Gasteiger partial charge in [0, 0.05) is 23.2 Å². The Labute approximate surface area is 102 Å². The van der Waals surface area contributed by atoms with E-state index in [4.69, 9.17) is 5.11 Å². The van der Waals surface area contributed by atoms with Crippen molar-refractivity contribution in [3.05, 3.63) is 28.7 Å². The first-order valence-corrected chi connectivity index (χ1v) is 5.88. The molecule has 4 nitrogen and oxygen atoms in total. The topological polar surface area (TPSA) is 52.6 Å².